The maximum absolute atomic E-state index is 12.0. The third kappa shape index (κ3) is 4.10. The van der Waals surface area contributed by atoms with Crippen LogP contribution in [0, 0.1) is 0 Å². The fourth-order valence-electron chi connectivity index (χ4n) is 2.01. The lowest BCUT2D eigenvalue weighted by atomic mass is 10.0. The second-order valence-corrected chi connectivity index (χ2v) is 4.61. The minimum Gasteiger partial charge on any atom is -0.393 e. The van der Waals surface area contributed by atoms with Gasteiger partial charge >= 0.3 is 0 Å². The molecule has 2 unspecified atom stereocenters. The summed E-state index contributed by atoms with van der Waals surface area (Å²) in [7, 11) is 0. The molecule has 2 atom stereocenters. The first-order valence-corrected chi connectivity index (χ1v) is 6.35. The van der Waals surface area contributed by atoms with Gasteiger partial charge in [0.2, 0.25) is 5.91 Å². The molecule has 0 bridgehead atoms. The summed E-state index contributed by atoms with van der Waals surface area (Å²) in [6, 6.07) is 0.00250. The zero-order valence-corrected chi connectivity index (χ0v) is 10.4. The number of rotatable bonds is 6. The number of hydrogen-bond donors (Lipinski definition) is 2. The molecule has 0 saturated carbocycles. The molecule has 1 rings (SSSR count). The van der Waals surface area contributed by atoms with Gasteiger partial charge in [0.05, 0.1) is 12.1 Å². The van der Waals surface area contributed by atoms with E-state index in [1.54, 1.807) is 6.92 Å². The van der Waals surface area contributed by atoms with Crippen molar-refractivity contribution >= 4 is 5.91 Å². The maximum atomic E-state index is 12.0. The van der Waals surface area contributed by atoms with Crippen LogP contribution in [0.25, 0.3) is 0 Å². The molecule has 0 aliphatic carbocycles. The molecule has 1 amide bonds. The van der Waals surface area contributed by atoms with Gasteiger partial charge in [-0.15, -0.1) is 0 Å². The van der Waals surface area contributed by atoms with Gasteiger partial charge in [-0.25, -0.2) is 0 Å². The topological polar surface area (TPSA) is 52.6 Å². The third-order valence-electron chi connectivity index (χ3n) is 2.99. The lowest BCUT2D eigenvalue weighted by Crippen LogP contribution is -2.51. The summed E-state index contributed by atoms with van der Waals surface area (Å²) >= 11 is 0. The van der Waals surface area contributed by atoms with E-state index in [9.17, 15) is 9.90 Å². The van der Waals surface area contributed by atoms with E-state index in [0.29, 0.717) is 13.0 Å². The van der Waals surface area contributed by atoms with Crippen molar-refractivity contribution in [2.24, 2.45) is 0 Å². The molecule has 0 spiro atoms. The van der Waals surface area contributed by atoms with Gasteiger partial charge in [-0.3, -0.25) is 4.79 Å². The Morgan fingerprint density at radius 1 is 1.62 bits per heavy atom. The first kappa shape index (κ1) is 13.5. The highest BCUT2D eigenvalue weighted by molar-refractivity contribution is 5.82. The van der Waals surface area contributed by atoms with E-state index in [1.807, 2.05) is 4.90 Å². The first-order valence-electron chi connectivity index (χ1n) is 6.35. The monoisotopic (exact) mass is 228 g/mol. The molecule has 1 aliphatic heterocycles. The second-order valence-electron chi connectivity index (χ2n) is 4.61. The number of hydrogen-bond acceptors (Lipinski definition) is 3. The van der Waals surface area contributed by atoms with Crippen LogP contribution >= 0.6 is 0 Å². The predicted octanol–water partition coefficient (Wildman–Crippen LogP) is 0.748. The minimum atomic E-state index is -0.322. The number of likely N-dealkylation sites (tertiary alicyclic amines) is 1. The summed E-state index contributed by atoms with van der Waals surface area (Å²) in [4.78, 5) is 13.9. The van der Waals surface area contributed by atoms with Crippen LogP contribution in [0.5, 0.6) is 0 Å². The molecular formula is C12H24N2O2. The van der Waals surface area contributed by atoms with Gasteiger partial charge in [-0.05, 0) is 39.2 Å². The number of carbonyl (C=O) groups is 1. The highest BCUT2D eigenvalue weighted by Gasteiger charge is 2.27. The van der Waals surface area contributed by atoms with Crippen LogP contribution in [0.3, 0.4) is 0 Å². The molecule has 0 aromatic rings. The van der Waals surface area contributed by atoms with Crippen molar-refractivity contribution < 1.29 is 9.90 Å². The summed E-state index contributed by atoms with van der Waals surface area (Å²) in [5, 5.41) is 12.5. The molecule has 1 heterocycles. The lowest BCUT2D eigenvalue weighted by molar-refractivity contribution is -0.136. The normalized spacial score (nSPS) is 23.6. The van der Waals surface area contributed by atoms with Crippen molar-refractivity contribution in [1.82, 2.24) is 10.2 Å². The van der Waals surface area contributed by atoms with Gasteiger partial charge in [0.15, 0.2) is 0 Å². The van der Waals surface area contributed by atoms with Crippen molar-refractivity contribution in [1.29, 1.82) is 0 Å². The van der Waals surface area contributed by atoms with Gasteiger partial charge < -0.3 is 15.3 Å². The second kappa shape index (κ2) is 6.86. The fraction of sp³-hybridized carbons (Fsp3) is 0.917. The van der Waals surface area contributed by atoms with Crippen LogP contribution in [0.1, 0.15) is 39.5 Å². The molecule has 2 N–H and O–H groups in total. The smallest absolute Gasteiger partial charge is 0.239 e. The summed E-state index contributed by atoms with van der Waals surface area (Å²) in [5.41, 5.74) is 0. The standard InChI is InChI=1S/C12H24N2O2/c1-3-7-13-11-5-4-8-14(12(11)16)9-6-10(2)15/h10-11,13,15H,3-9H2,1-2H3. The van der Waals surface area contributed by atoms with Crippen LogP contribution in [0.2, 0.25) is 0 Å². The highest BCUT2D eigenvalue weighted by atomic mass is 16.3. The Balaban J connectivity index is 2.37. The molecule has 16 heavy (non-hydrogen) atoms. The zero-order valence-electron chi connectivity index (χ0n) is 10.4. The molecule has 1 aliphatic rings. The molecule has 0 aromatic carbocycles. The SMILES string of the molecule is CCCNC1CCCN(CCC(C)O)C1=O. The first-order chi connectivity index (χ1) is 7.65. The maximum Gasteiger partial charge on any atom is 0.239 e. The molecule has 4 heteroatoms. The summed E-state index contributed by atoms with van der Waals surface area (Å²) in [6.45, 7) is 6.30. The average Bonchev–Trinajstić information content (AvgIpc) is 2.26. The molecule has 4 nitrogen and oxygen atoms in total. The molecule has 1 fully saturated rings. The van der Waals surface area contributed by atoms with Crippen LogP contribution in [-0.2, 0) is 4.79 Å². The number of nitrogens with zero attached hydrogens (tertiary/aromatic N) is 1. The Labute approximate surface area is 98.0 Å². The minimum absolute atomic E-state index is 0.00250. The summed E-state index contributed by atoms with van der Waals surface area (Å²) < 4.78 is 0. The van der Waals surface area contributed by atoms with Gasteiger partial charge in [-0.1, -0.05) is 6.92 Å². The molecule has 1 saturated heterocycles. The van der Waals surface area contributed by atoms with E-state index >= 15 is 0 Å². The van der Waals surface area contributed by atoms with Gasteiger partial charge in [0.1, 0.15) is 0 Å². The van der Waals surface area contributed by atoms with E-state index in [-0.39, 0.29) is 18.1 Å². The third-order valence-corrected chi connectivity index (χ3v) is 2.99. The van der Waals surface area contributed by atoms with E-state index in [1.165, 1.54) is 0 Å². The van der Waals surface area contributed by atoms with E-state index in [4.69, 9.17) is 0 Å². The predicted molar refractivity (Wildman–Crippen MR) is 64.2 cm³/mol. The number of piperidine rings is 1. The number of carbonyl (C=O) groups excluding carboxylic acids is 1. The van der Waals surface area contributed by atoms with Crippen LogP contribution in [0.4, 0.5) is 0 Å². The van der Waals surface area contributed by atoms with Gasteiger partial charge in [0, 0.05) is 13.1 Å². The number of nitrogens with one attached hydrogen (secondary N) is 1. The van der Waals surface area contributed by atoms with E-state index in [2.05, 4.69) is 12.2 Å². The van der Waals surface area contributed by atoms with E-state index < -0.39 is 0 Å². The summed E-state index contributed by atoms with van der Waals surface area (Å²) in [5.74, 6) is 0.209. The van der Waals surface area contributed by atoms with Crippen molar-refractivity contribution in [2.75, 3.05) is 19.6 Å². The van der Waals surface area contributed by atoms with Crippen molar-refractivity contribution in [3.8, 4) is 0 Å². The zero-order chi connectivity index (χ0) is 12.0. The fourth-order valence-corrected chi connectivity index (χ4v) is 2.01. The quantitative estimate of drug-likeness (QED) is 0.705. The van der Waals surface area contributed by atoms with Crippen molar-refractivity contribution in [3.05, 3.63) is 0 Å². The van der Waals surface area contributed by atoms with Crippen LogP contribution in [0.15, 0.2) is 0 Å². The Bertz CT molecular complexity index is 219. The largest absolute Gasteiger partial charge is 0.393 e. The van der Waals surface area contributed by atoms with Gasteiger partial charge in [0.25, 0.3) is 0 Å². The number of amides is 1. The molecule has 94 valence electrons. The van der Waals surface area contributed by atoms with Crippen LogP contribution in [-0.4, -0.2) is 47.7 Å². The Morgan fingerprint density at radius 3 is 3.00 bits per heavy atom. The Hall–Kier alpha value is -0.610. The summed E-state index contributed by atoms with van der Waals surface area (Å²) in [6.07, 6.45) is 3.41. The highest BCUT2D eigenvalue weighted by Crippen LogP contribution is 2.12. The van der Waals surface area contributed by atoms with Crippen molar-refractivity contribution in [2.45, 2.75) is 51.7 Å². The lowest BCUT2D eigenvalue weighted by Gasteiger charge is -2.33. The number of aliphatic hydroxyl groups excluding tert-OH is 1. The molecule has 0 radical (unpaired) electrons. The van der Waals surface area contributed by atoms with Crippen LogP contribution < -0.4 is 5.32 Å². The van der Waals surface area contributed by atoms with Crippen molar-refractivity contribution in [3.63, 3.8) is 0 Å². The average molecular weight is 228 g/mol. The Morgan fingerprint density at radius 2 is 2.38 bits per heavy atom. The van der Waals surface area contributed by atoms with Gasteiger partial charge in [-0.2, -0.15) is 0 Å². The number of aliphatic hydroxyl groups is 1. The molecular weight excluding hydrogens is 204 g/mol. The van der Waals surface area contributed by atoms with E-state index in [0.717, 1.165) is 32.4 Å². The Kier molecular flexibility index (Phi) is 5.77. The molecule has 0 aromatic heterocycles.